The quantitative estimate of drug-likeness (QED) is 0.647. The standard InChI is InChI=1S/C16H17N3/c1-9-7-10(2)14(11(3)8-9)16-18-13-6-4-5-12(17)15(13)19-16/h4-8H,17H2,1-3H3,(H,18,19). The summed E-state index contributed by atoms with van der Waals surface area (Å²) in [4.78, 5) is 8.02. The molecule has 0 unspecified atom stereocenters. The molecule has 0 spiro atoms. The molecule has 96 valence electrons. The van der Waals surface area contributed by atoms with Crippen LogP contribution in [0, 0.1) is 20.8 Å². The normalized spacial score (nSPS) is 11.1. The molecule has 1 aromatic heterocycles. The number of rotatable bonds is 1. The first-order chi connectivity index (χ1) is 9.06. The Kier molecular flexibility index (Phi) is 2.56. The Balaban J connectivity index is 2.28. The highest BCUT2D eigenvalue weighted by Crippen LogP contribution is 2.29. The third-order valence-corrected chi connectivity index (χ3v) is 3.46. The molecule has 0 aliphatic rings. The van der Waals surface area contributed by atoms with Crippen LogP contribution in [-0.4, -0.2) is 9.97 Å². The van der Waals surface area contributed by atoms with E-state index in [1.54, 1.807) is 0 Å². The third-order valence-electron chi connectivity index (χ3n) is 3.46. The minimum absolute atomic E-state index is 0.711. The Morgan fingerprint density at radius 1 is 1.05 bits per heavy atom. The van der Waals surface area contributed by atoms with Crippen LogP contribution in [0.25, 0.3) is 22.4 Å². The summed E-state index contributed by atoms with van der Waals surface area (Å²) in [6.45, 7) is 6.35. The molecule has 3 aromatic rings. The highest BCUT2D eigenvalue weighted by molar-refractivity contribution is 5.89. The van der Waals surface area contributed by atoms with E-state index >= 15 is 0 Å². The second-order valence-electron chi connectivity index (χ2n) is 5.10. The SMILES string of the molecule is Cc1cc(C)c(-c2nc3c(N)cccc3[nH]2)c(C)c1. The zero-order valence-corrected chi connectivity index (χ0v) is 11.4. The molecule has 3 heteroatoms. The second kappa shape index (κ2) is 4.12. The summed E-state index contributed by atoms with van der Waals surface area (Å²) in [7, 11) is 0. The fourth-order valence-corrected chi connectivity index (χ4v) is 2.73. The van der Waals surface area contributed by atoms with Crippen molar-refractivity contribution in [3.63, 3.8) is 0 Å². The number of hydrogen-bond donors (Lipinski definition) is 2. The summed E-state index contributed by atoms with van der Waals surface area (Å²) in [5.41, 5.74) is 13.4. The van der Waals surface area contributed by atoms with Crippen molar-refractivity contribution < 1.29 is 0 Å². The Hall–Kier alpha value is -2.29. The maximum Gasteiger partial charge on any atom is 0.139 e. The van der Waals surface area contributed by atoms with Crippen molar-refractivity contribution in [2.75, 3.05) is 5.73 Å². The first-order valence-corrected chi connectivity index (χ1v) is 6.38. The molecule has 0 aliphatic heterocycles. The van der Waals surface area contributed by atoms with Crippen molar-refractivity contribution in [2.24, 2.45) is 0 Å². The van der Waals surface area contributed by atoms with E-state index in [4.69, 9.17) is 5.73 Å². The van der Waals surface area contributed by atoms with E-state index < -0.39 is 0 Å². The Morgan fingerprint density at radius 2 is 1.74 bits per heavy atom. The third kappa shape index (κ3) is 1.87. The molecule has 0 radical (unpaired) electrons. The number of imidazole rings is 1. The van der Waals surface area contributed by atoms with Crippen molar-refractivity contribution in [3.8, 4) is 11.4 Å². The number of aromatic amines is 1. The number of hydrogen-bond acceptors (Lipinski definition) is 2. The minimum Gasteiger partial charge on any atom is -0.397 e. The molecule has 0 atom stereocenters. The van der Waals surface area contributed by atoms with Crippen LogP contribution in [0.15, 0.2) is 30.3 Å². The minimum atomic E-state index is 0.711. The number of nitrogens with two attached hydrogens (primary N) is 1. The van der Waals surface area contributed by atoms with E-state index in [0.29, 0.717) is 5.69 Å². The van der Waals surface area contributed by atoms with E-state index in [1.807, 2.05) is 18.2 Å². The number of nitrogen functional groups attached to an aromatic ring is 1. The molecule has 0 saturated carbocycles. The van der Waals surface area contributed by atoms with E-state index in [0.717, 1.165) is 16.9 Å². The van der Waals surface area contributed by atoms with Crippen LogP contribution in [-0.2, 0) is 0 Å². The number of fused-ring (bicyclic) bond motifs is 1. The van der Waals surface area contributed by atoms with Gasteiger partial charge in [-0.1, -0.05) is 23.8 Å². The van der Waals surface area contributed by atoms with Crippen molar-refractivity contribution in [2.45, 2.75) is 20.8 Å². The van der Waals surface area contributed by atoms with Crippen molar-refractivity contribution in [3.05, 3.63) is 47.0 Å². The first kappa shape index (κ1) is 11.8. The van der Waals surface area contributed by atoms with Crippen LogP contribution in [0.4, 0.5) is 5.69 Å². The predicted octanol–water partition coefficient (Wildman–Crippen LogP) is 3.74. The molecule has 3 nitrogen and oxygen atoms in total. The summed E-state index contributed by atoms with van der Waals surface area (Å²) < 4.78 is 0. The number of nitrogens with one attached hydrogen (secondary N) is 1. The summed E-state index contributed by atoms with van der Waals surface area (Å²) in [6.07, 6.45) is 0. The van der Waals surface area contributed by atoms with Crippen LogP contribution >= 0.6 is 0 Å². The number of aromatic nitrogens is 2. The number of aryl methyl sites for hydroxylation is 3. The summed E-state index contributed by atoms with van der Waals surface area (Å²) in [6, 6.07) is 10.2. The van der Waals surface area contributed by atoms with Gasteiger partial charge < -0.3 is 10.7 Å². The van der Waals surface area contributed by atoms with Gasteiger partial charge in [0.25, 0.3) is 0 Å². The smallest absolute Gasteiger partial charge is 0.139 e. The fourth-order valence-electron chi connectivity index (χ4n) is 2.73. The van der Waals surface area contributed by atoms with Crippen LogP contribution in [0.5, 0.6) is 0 Å². The van der Waals surface area contributed by atoms with Crippen LogP contribution < -0.4 is 5.73 Å². The van der Waals surface area contributed by atoms with Gasteiger partial charge in [-0.2, -0.15) is 0 Å². The summed E-state index contributed by atoms with van der Waals surface area (Å²) >= 11 is 0. The van der Waals surface area contributed by atoms with E-state index in [1.165, 1.54) is 22.3 Å². The number of anilines is 1. The molecule has 0 aliphatic carbocycles. The zero-order valence-electron chi connectivity index (χ0n) is 11.4. The molecular formula is C16H17N3. The van der Waals surface area contributed by atoms with Gasteiger partial charge >= 0.3 is 0 Å². The molecule has 19 heavy (non-hydrogen) atoms. The lowest BCUT2D eigenvalue weighted by Gasteiger charge is -2.08. The van der Waals surface area contributed by atoms with Gasteiger partial charge in [-0.15, -0.1) is 0 Å². The number of benzene rings is 2. The largest absolute Gasteiger partial charge is 0.397 e. The molecular weight excluding hydrogens is 234 g/mol. The van der Waals surface area contributed by atoms with Crippen LogP contribution in [0.3, 0.4) is 0 Å². The van der Waals surface area contributed by atoms with E-state index in [2.05, 4.69) is 42.9 Å². The molecule has 1 heterocycles. The first-order valence-electron chi connectivity index (χ1n) is 6.38. The lowest BCUT2D eigenvalue weighted by Crippen LogP contribution is -1.91. The van der Waals surface area contributed by atoms with Gasteiger partial charge in [0.1, 0.15) is 11.3 Å². The summed E-state index contributed by atoms with van der Waals surface area (Å²) in [5.74, 6) is 0.892. The number of para-hydroxylation sites is 1. The Bertz CT molecular complexity index is 746. The molecule has 2 aromatic carbocycles. The monoisotopic (exact) mass is 251 g/mol. The van der Waals surface area contributed by atoms with Crippen LogP contribution in [0.1, 0.15) is 16.7 Å². The van der Waals surface area contributed by atoms with Gasteiger partial charge in [-0.3, -0.25) is 0 Å². The highest BCUT2D eigenvalue weighted by Gasteiger charge is 2.12. The Labute approximate surface area is 112 Å². The average Bonchev–Trinajstić information content (AvgIpc) is 2.72. The number of nitrogens with zero attached hydrogens (tertiary/aromatic N) is 1. The lowest BCUT2D eigenvalue weighted by molar-refractivity contribution is 1.25. The lowest BCUT2D eigenvalue weighted by atomic mass is 9.99. The maximum atomic E-state index is 5.97. The zero-order chi connectivity index (χ0) is 13.6. The predicted molar refractivity (Wildman–Crippen MR) is 80.2 cm³/mol. The fraction of sp³-hybridized carbons (Fsp3) is 0.188. The van der Waals surface area contributed by atoms with Gasteiger partial charge in [0.2, 0.25) is 0 Å². The summed E-state index contributed by atoms with van der Waals surface area (Å²) in [5, 5.41) is 0. The molecule has 3 N–H and O–H groups in total. The topological polar surface area (TPSA) is 54.7 Å². The van der Waals surface area contributed by atoms with Crippen LogP contribution in [0.2, 0.25) is 0 Å². The van der Waals surface area contributed by atoms with Crippen molar-refractivity contribution in [1.82, 2.24) is 9.97 Å². The highest BCUT2D eigenvalue weighted by atomic mass is 14.9. The van der Waals surface area contributed by atoms with Crippen molar-refractivity contribution >= 4 is 16.7 Å². The van der Waals surface area contributed by atoms with Crippen molar-refractivity contribution in [1.29, 1.82) is 0 Å². The second-order valence-corrected chi connectivity index (χ2v) is 5.10. The molecule has 0 amide bonds. The van der Waals surface area contributed by atoms with Gasteiger partial charge in [0, 0.05) is 5.56 Å². The van der Waals surface area contributed by atoms with Gasteiger partial charge in [-0.25, -0.2) is 4.98 Å². The molecule has 0 fully saturated rings. The van der Waals surface area contributed by atoms with E-state index in [9.17, 15) is 0 Å². The average molecular weight is 251 g/mol. The molecule has 0 saturated heterocycles. The Morgan fingerprint density at radius 3 is 2.37 bits per heavy atom. The van der Waals surface area contributed by atoms with Gasteiger partial charge in [0.15, 0.2) is 0 Å². The van der Waals surface area contributed by atoms with Gasteiger partial charge in [-0.05, 0) is 44.0 Å². The molecule has 0 bridgehead atoms. The van der Waals surface area contributed by atoms with Gasteiger partial charge in [0.05, 0.1) is 11.2 Å². The van der Waals surface area contributed by atoms with E-state index in [-0.39, 0.29) is 0 Å². The maximum absolute atomic E-state index is 5.97. The molecule has 3 rings (SSSR count). The number of H-pyrrole nitrogens is 1.